The fourth-order valence-electron chi connectivity index (χ4n) is 5.55. The Morgan fingerprint density at radius 2 is 1.17 bits per heavy atom. The van der Waals surface area contributed by atoms with Crippen molar-refractivity contribution in [3.05, 3.63) is 71.8 Å². The lowest BCUT2D eigenvalue weighted by Gasteiger charge is -2.26. The highest BCUT2D eigenvalue weighted by atomic mass is 16.4. The molecule has 0 aliphatic heterocycles. The van der Waals surface area contributed by atoms with Gasteiger partial charge in [-0.1, -0.05) is 100 Å². The summed E-state index contributed by atoms with van der Waals surface area (Å²) < 4.78 is 0. The number of carbonyl (C=O) groups excluding carboxylic acids is 6. The Labute approximate surface area is 305 Å². The predicted octanol–water partition coefficient (Wildman–Crippen LogP) is 2.02. The number of hydrogen-bond acceptors (Lipinski definition) is 7. The van der Waals surface area contributed by atoms with Crippen LogP contribution in [0.3, 0.4) is 0 Å². The number of amides is 6. The summed E-state index contributed by atoms with van der Waals surface area (Å²) in [6, 6.07) is 14.0. The van der Waals surface area contributed by atoms with E-state index in [2.05, 4.69) is 21.3 Å². The third-order valence-electron chi connectivity index (χ3n) is 8.80. The normalized spacial score (nSPS) is 13.7. The van der Waals surface area contributed by atoms with Gasteiger partial charge >= 0.3 is 5.97 Å². The summed E-state index contributed by atoms with van der Waals surface area (Å²) in [4.78, 5) is 86.9. The van der Waals surface area contributed by atoms with Crippen molar-refractivity contribution in [1.29, 1.82) is 0 Å². The number of benzene rings is 2. The molecule has 0 aliphatic carbocycles. The van der Waals surface area contributed by atoms with Gasteiger partial charge in [-0.2, -0.15) is 0 Å². The molecule has 2 aromatic rings. The van der Waals surface area contributed by atoms with Gasteiger partial charge in [0.25, 0.3) is 0 Å². The second-order valence-corrected chi connectivity index (χ2v) is 13.1. The second kappa shape index (κ2) is 23.3. The predicted molar refractivity (Wildman–Crippen MR) is 195 cm³/mol. The van der Waals surface area contributed by atoms with Gasteiger partial charge in [-0.05, 0) is 42.7 Å². The molecule has 2 rings (SSSR count). The number of hydrogen-bond donors (Lipinski definition) is 7. The van der Waals surface area contributed by atoms with Crippen LogP contribution in [0.2, 0.25) is 0 Å². The van der Waals surface area contributed by atoms with Crippen molar-refractivity contribution in [2.45, 2.75) is 115 Å². The molecule has 52 heavy (non-hydrogen) atoms. The number of nitrogens with two attached hydrogens (primary N) is 2. The van der Waals surface area contributed by atoms with Gasteiger partial charge in [-0.25, -0.2) is 4.79 Å². The van der Waals surface area contributed by atoms with Gasteiger partial charge < -0.3 is 37.8 Å². The molecule has 0 aliphatic rings. The average Bonchev–Trinajstić information content (AvgIpc) is 3.11. The Morgan fingerprint density at radius 1 is 0.654 bits per heavy atom. The lowest BCUT2D eigenvalue weighted by molar-refractivity contribution is -0.142. The number of aryl methyl sites for hydroxylation is 1. The molecule has 6 amide bonds. The van der Waals surface area contributed by atoms with Crippen molar-refractivity contribution in [1.82, 2.24) is 21.3 Å². The van der Waals surface area contributed by atoms with E-state index in [1.165, 1.54) is 0 Å². The molecule has 2 aromatic carbocycles. The Kier molecular flexibility index (Phi) is 19.2. The first-order chi connectivity index (χ1) is 24.8. The number of carboxylic acid groups (broad SMARTS) is 1. The molecule has 0 fully saturated rings. The van der Waals surface area contributed by atoms with Crippen LogP contribution in [-0.2, 0) is 46.4 Å². The molecule has 0 saturated carbocycles. The van der Waals surface area contributed by atoms with E-state index in [0.29, 0.717) is 50.5 Å². The highest BCUT2D eigenvalue weighted by Gasteiger charge is 2.30. The summed E-state index contributed by atoms with van der Waals surface area (Å²) in [6.45, 7) is 3.76. The fourth-order valence-corrected chi connectivity index (χ4v) is 5.55. The maximum Gasteiger partial charge on any atom is 0.326 e. The summed E-state index contributed by atoms with van der Waals surface area (Å²) in [5.74, 6) is -4.96. The molecule has 0 aromatic heterocycles. The van der Waals surface area contributed by atoms with Crippen molar-refractivity contribution in [3.63, 3.8) is 0 Å². The Morgan fingerprint density at radius 3 is 1.69 bits per heavy atom. The van der Waals surface area contributed by atoms with Crippen molar-refractivity contribution >= 4 is 41.4 Å². The number of primary amides is 2. The summed E-state index contributed by atoms with van der Waals surface area (Å²) in [7, 11) is 0. The van der Waals surface area contributed by atoms with E-state index in [1.54, 1.807) is 30.3 Å². The van der Waals surface area contributed by atoms with Gasteiger partial charge in [0.1, 0.15) is 24.2 Å². The molecule has 0 unspecified atom stereocenters. The minimum absolute atomic E-state index is 0.0154. The first-order valence-corrected chi connectivity index (χ1v) is 17.9. The van der Waals surface area contributed by atoms with Crippen LogP contribution in [0.5, 0.6) is 0 Å². The van der Waals surface area contributed by atoms with Crippen molar-refractivity contribution in [2.75, 3.05) is 0 Å². The number of aliphatic carboxylic acids is 1. The number of carbonyl (C=O) groups is 7. The van der Waals surface area contributed by atoms with E-state index < -0.39 is 66.1 Å². The van der Waals surface area contributed by atoms with Gasteiger partial charge in [-0.3, -0.25) is 28.8 Å². The van der Waals surface area contributed by atoms with Crippen molar-refractivity contribution in [2.24, 2.45) is 17.4 Å². The van der Waals surface area contributed by atoms with Crippen molar-refractivity contribution in [3.8, 4) is 0 Å². The number of nitrogens with one attached hydrogen (secondary N) is 4. The largest absolute Gasteiger partial charge is 0.480 e. The zero-order valence-corrected chi connectivity index (χ0v) is 30.1. The molecule has 14 nitrogen and oxygen atoms in total. The molecule has 0 heterocycles. The fraction of sp³-hybridized carbons (Fsp3) is 0.500. The number of carboxylic acids is 1. The second-order valence-electron chi connectivity index (χ2n) is 13.1. The first-order valence-electron chi connectivity index (χ1n) is 17.9. The maximum atomic E-state index is 13.2. The van der Waals surface area contributed by atoms with Crippen LogP contribution in [-0.4, -0.2) is 70.7 Å². The maximum absolute atomic E-state index is 13.2. The number of unbranched alkanes of at least 4 members (excludes halogenated alkanes) is 4. The first kappa shape index (κ1) is 42.9. The van der Waals surface area contributed by atoms with E-state index in [9.17, 15) is 38.7 Å². The Balaban J connectivity index is 1.76. The average molecular weight is 723 g/mol. The van der Waals surface area contributed by atoms with Crippen molar-refractivity contribution < 1.29 is 38.7 Å². The minimum atomic E-state index is -1.32. The van der Waals surface area contributed by atoms with Crippen LogP contribution >= 0.6 is 0 Å². The highest BCUT2D eigenvalue weighted by Crippen LogP contribution is 2.13. The van der Waals surface area contributed by atoms with Crippen LogP contribution in [0.1, 0.15) is 89.2 Å². The summed E-state index contributed by atoms with van der Waals surface area (Å²) in [6.07, 6.45) is 4.43. The highest BCUT2D eigenvalue weighted by molar-refractivity contribution is 5.94. The van der Waals surface area contributed by atoms with E-state index in [-0.39, 0.29) is 31.1 Å². The summed E-state index contributed by atoms with van der Waals surface area (Å²) >= 11 is 0. The van der Waals surface area contributed by atoms with Gasteiger partial charge in [0.2, 0.25) is 35.4 Å². The van der Waals surface area contributed by atoms with E-state index in [0.717, 1.165) is 12.0 Å². The van der Waals surface area contributed by atoms with Gasteiger partial charge in [0.05, 0.1) is 6.42 Å². The van der Waals surface area contributed by atoms with Crippen LogP contribution < -0.4 is 32.7 Å². The van der Waals surface area contributed by atoms with E-state index in [4.69, 9.17) is 11.5 Å². The lowest BCUT2D eigenvalue weighted by atomic mass is 9.97. The molecular weight excluding hydrogens is 668 g/mol. The molecule has 0 bridgehead atoms. The Bertz CT molecular complexity index is 1470. The Hall–Kier alpha value is -5.27. The topological polar surface area (TPSA) is 240 Å². The standard InChI is InChI=1S/C38H54N6O8/c1-3-25(2)34(37(50)42-28(35(40)48)22-21-26-15-9-7-10-16-26)44-33(47)20-14-6-4-5-13-19-32(46)41-29(24-31(39)45)36(49)43-30(38(51)52)23-27-17-11-8-12-18-27/h7-12,15-18,25,28-30,34H,3-6,13-14,19-24H2,1-2H3,(H2,39,45)(H2,40,48)(H,41,46)(H,42,50)(H,43,49)(H,44,47)(H,51,52)/t25-,28+,29+,30+,34+/m1/s1. The molecule has 14 heteroatoms. The number of rotatable bonds is 25. The molecule has 0 saturated heterocycles. The molecule has 9 N–H and O–H groups in total. The van der Waals surface area contributed by atoms with Crippen LogP contribution in [0.15, 0.2) is 60.7 Å². The minimum Gasteiger partial charge on any atom is -0.480 e. The molecule has 0 spiro atoms. The van der Waals surface area contributed by atoms with Crippen LogP contribution in [0.4, 0.5) is 0 Å². The van der Waals surface area contributed by atoms with E-state index >= 15 is 0 Å². The molecule has 0 radical (unpaired) electrons. The third kappa shape index (κ3) is 16.6. The summed E-state index contributed by atoms with van der Waals surface area (Å²) in [5, 5.41) is 20.0. The van der Waals surface area contributed by atoms with Gasteiger partial charge in [-0.15, -0.1) is 0 Å². The lowest BCUT2D eigenvalue weighted by Crippen LogP contribution is -2.55. The zero-order valence-electron chi connectivity index (χ0n) is 30.1. The SMILES string of the molecule is CC[C@@H](C)[C@H](NC(=O)CCCCCCCC(=O)N[C@@H](CC(N)=O)C(=O)N[C@@H](Cc1ccccc1)C(=O)O)C(=O)N[C@@H](CCc1ccccc1)C(N)=O. The van der Waals surface area contributed by atoms with Crippen LogP contribution in [0, 0.1) is 5.92 Å². The zero-order chi connectivity index (χ0) is 38.5. The third-order valence-corrected chi connectivity index (χ3v) is 8.80. The molecule has 284 valence electrons. The van der Waals surface area contributed by atoms with E-state index in [1.807, 2.05) is 44.2 Å². The van der Waals surface area contributed by atoms with Gasteiger partial charge in [0, 0.05) is 19.3 Å². The monoisotopic (exact) mass is 722 g/mol. The quantitative estimate of drug-likeness (QED) is 0.0747. The summed E-state index contributed by atoms with van der Waals surface area (Å²) in [5.41, 5.74) is 12.6. The van der Waals surface area contributed by atoms with Crippen LogP contribution in [0.25, 0.3) is 0 Å². The van der Waals surface area contributed by atoms with Gasteiger partial charge in [0.15, 0.2) is 0 Å². The molecular formula is C38H54N6O8. The smallest absolute Gasteiger partial charge is 0.326 e. The molecule has 5 atom stereocenters.